The van der Waals surface area contributed by atoms with E-state index >= 15 is 0 Å². The molecule has 1 aromatic carbocycles. The summed E-state index contributed by atoms with van der Waals surface area (Å²) in [4.78, 5) is 11.8. The van der Waals surface area contributed by atoms with E-state index in [0.717, 1.165) is 23.5 Å². The zero-order valence-electron chi connectivity index (χ0n) is 10.1. The minimum atomic E-state index is -0.703. The van der Waals surface area contributed by atoms with Crippen LogP contribution >= 0.6 is 11.3 Å². The molecule has 2 N–H and O–H groups in total. The van der Waals surface area contributed by atoms with Crippen LogP contribution in [0.4, 0.5) is 19.6 Å². The van der Waals surface area contributed by atoms with Crippen LogP contribution in [0.5, 0.6) is 0 Å². The minimum absolute atomic E-state index is 0.0599. The number of hydrogen-bond acceptors (Lipinski definition) is 5. The standard InChI is InChI=1S/C11H10F2N4OS/c1-5-3-7(13)8(4-6(5)12)15-9(18)10-16-17-11(14-2)19-10/h3-4H,1-2H3,(H,14,17)(H,15,18). The SMILES string of the molecule is CNc1nnc(C(=O)Nc2cc(F)c(C)cc2F)s1. The fraction of sp³-hybridized carbons (Fsp3) is 0.182. The van der Waals surface area contributed by atoms with Gasteiger partial charge < -0.3 is 10.6 Å². The number of halogens is 2. The summed E-state index contributed by atoms with van der Waals surface area (Å²) in [6.45, 7) is 1.44. The van der Waals surface area contributed by atoms with Crippen LogP contribution in [-0.2, 0) is 0 Å². The second-order valence-electron chi connectivity index (χ2n) is 3.70. The monoisotopic (exact) mass is 284 g/mol. The Morgan fingerprint density at radius 1 is 1.26 bits per heavy atom. The molecule has 0 saturated carbocycles. The lowest BCUT2D eigenvalue weighted by Crippen LogP contribution is -2.13. The first-order chi connectivity index (χ1) is 9.01. The van der Waals surface area contributed by atoms with Crippen molar-refractivity contribution in [2.24, 2.45) is 0 Å². The molecule has 0 saturated heterocycles. The molecule has 5 nitrogen and oxygen atoms in total. The van der Waals surface area contributed by atoms with Crippen LogP contribution in [0.3, 0.4) is 0 Å². The van der Waals surface area contributed by atoms with Crippen molar-refractivity contribution in [1.29, 1.82) is 0 Å². The summed E-state index contributed by atoms with van der Waals surface area (Å²) in [5, 5.41) is 12.8. The number of aromatic nitrogens is 2. The Balaban J connectivity index is 2.21. The number of nitrogens with zero attached hydrogens (tertiary/aromatic N) is 2. The second-order valence-corrected chi connectivity index (χ2v) is 4.68. The Morgan fingerprint density at radius 2 is 2.00 bits per heavy atom. The fourth-order valence-corrected chi connectivity index (χ4v) is 1.93. The number of rotatable bonds is 3. The van der Waals surface area contributed by atoms with Crippen LogP contribution < -0.4 is 10.6 Å². The first-order valence-corrected chi connectivity index (χ1v) is 6.11. The summed E-state index contributed by atoms with van der Waals surface area (Å²) in [6.07, 6.45) is 0. The molecule has 100 valence electrons. The highest BCUT2D eigenvalue weighted by Gasteiger charge is 2.15. The zero-order chi connectivity index (χ0) is 14.0. The van der Waals surface area contributed by atoms with Gasteiger partial charge in [-0.15, -0.1) is 10.2 Å². The first kappa shape index (κ1) is 13.3. The topological polar surface area (TPSA) is 66.9 Å². The van der Waals surface area contributed by atoms with E-state index in [1.54, 1.807) is 7.05 Å². The summed E-state index contributed by atoms with van der Waals surface area (Å²) < 4.78 is 26.9. The molecule has 2 aromatic rings. The quantitative estimate of drug-likeness (QED) is 0.908. The third-order valence-corrected chi connectivity index (χ3v) is 3.27. The average molecular weight is 284 g/mol. The fourth-order valence-electron chi connectivity index (χ4n) is 1.33. The Kier molecular flexibility index (Phi) is 3.70. The van der Waals surface area contributed by atoms with E-state index in [-0.39, 0.29) is 16.3 Å². The largest absolute Gasteiger partial charge is 0.363 e. The number of benzene rings is 1. The predicted molar refractivity (Wildman–Crippen MR) is 68.5 cm³/mol. The summed E-state index contributed by atoms with van der Waals surface area (Å²) in [7, 11) is 1.64. The van der Waals surface area contributed by atoms with Crippen LogP contribution in [0.25, 0.3) is 0 Å². The summed E-state index contributed by atoms with van der Waals surface area (Å²) in [5.41, 5.74) is -0.0572. The maximum absolute atomic E-state index is 13.6. The first-order valence-electron chi connectivity index (χ1n) is 5.29. The molecule has 1 aromatic heterocycles. The normalized spacial score (nSPS) is 10.3. The Bertz CT molecular complexity index is 629. The maximum atomic E-state index is 13.6. The summed E-state index contributed by atoms with van der Waals surface area (Å²) in [5.74, 6) is -1.93. The number of anilines is 2. The smallest absolute Gasteiger partial charge is 0.286 e. The van der Waals surface area contributed by atoms with Crippen molar-refractivity contribution in [1.82, 2.24) is 10.2 Å². The molecule has 0 radical (unpaired) electrons. The Labute approximate surface area is 111 Å². The van der Waals surface area contributed by atoms with Gasteiger partial charge in [-0.3, -0.25) is 4.79 Å². The number of carbonyl (C=O) groups is 1. The molecule has 1 heterocycles. The van der Waals surface area contributed by atoms with Gasteiger partial charge in [-0.1, -0.05) is 11.3 Å². The molecule has 0 aliphatic heterocycles. The molecule has 0 fully saturated rings. The van der Waals surface area contributed by atoms with Crippen LogP contribution in [-0.4, -0.2) is 23.2 Å². The van der Waals surface area contributed by atoms with E-state index in [2.05, 4.69) is 20.8 Å². The molecule has 0 unspecified atom stereocenters. The average Bonchev–Trinajstić information content (AvgIpc) is 2.84. The highest BCUT2D eigenvalue weighted by Crippen LogP contribution is 2.21. The molecule has 8 heteroatoms. The minimum Gasteiger partial charge on any atom is -0.363 e. The van der Waals surface area contributed by atoms with Crippen LogP contribution in [0, 0.1) is 18.6 Å². The number of hydrogen-bond donors (Lipinski definition) is 2. The maximum Gasteiger partial charge on any atom is 0.286 e. The third kappa shape index (κ3) is 2.84. The van der Waals surface area contributed by atoms with Crippen LogP contribution in [0.1, 0.15) is 15.4 Å². The lowest BCUT2D eigenvalue weighted by Gasteiger charge is -2.06. The summed E-state index contributed by atoms with van der Waals surface area (Å²) >= 11 is 1.01. The molecule has 2 rings (SSSR count). The van der Waals surface area contributed by atoms with E-state index in [1.165, 1.54) is 6.92 Å². The predicted octanol–water partition coefficient (Wildman–Crippen LogP) is 2.42. The van der Waals surface area contributed by atoms with Gasteiger partial charge in [0.15, 0.2) is 0 Å². The summed E-state index contributed by atoms with van der Waals surface area (Å²) in [6, 6.07) is 1.95. The van der Waals surface area contributed by atoms with E-state index in [1.807, 2.05) is 0 Å². The molecule has 0 spiro atoms. The van der Waals surface area contributed by atoms with Crippen molar-refractivity contribution in [2.75, 3.05) is 17.7 Å². The van der Waals surface area contributed by atoms with Gasteiger partial charge >= 0.3 is 0 Å². The van der Waals surface area contributed by atoms with Gasteiger partial charge in [0.2, 0.25) is 10.1 Å². The van der Waals surface area contributed by atoms with E-state index in [0.29, 0.717) is 5.13 Å². The van der Waals surface area contributed by atoms with Gasteiger partial charge in [-0.25, -0.2) is 8.78 Å². The Hall–Kier alpha value is -2.09. The highest BCUT2D eigenvalue weighted by atomic mass is 32.1. The van der Waals surface area contributed by atoms with Crippen molar-refractivity contribution in [3.05, 3.63) is 34.3 Å². The van der Waals surface area contributed by atoms with Gasteiger partial charge in [-0.05, 0) is 18.6 Å². The van der Waals surface area contributed by atoms with Gasteiger partial charge in [-0.2, -0.15) is 0 Å². The molecular weight excluding hydrogens is 274 g/mol. The van der Waals surface area contributed by atoms with Gasteiger partial charge in [0.1, 0.15) is 11.6 Å². The zero-order valence-corrected chi connectivity index (χ0v) is 10.9. The number of carbonyl (C=O) groups excluding carboxylic acids is 1. The van der Waals surface area contributed by atoms with Crippen molar-refractivity contribution in [2.45, 2.75) is 6.92 Å². The lowest BCUT2D eigenvalue weighted by molar-refractivity contribution is 0.102. The lowest BCUT2D eigenvalue weighted by atomic mass is 10.2. The number of aryl methyl sites for hydroxylation is 1. The van der Waals surface area contributed by atoms with Crippen molar-refractivity contribution in [3.63, 3.8) is 0 Å². The van der Waals surface area contributed by atoms with Gasteiger partial charge in [0.25, 0.3) is 5.91 Å². The van der Waals surface area contributed by atoms with E-state index in [9.17, 15) is 13.6 Å². The van der Waals surface area contributed by atoms with Gasteiger partial charge in [0.05, 0.1) is 5.69 Å². The van der Waals surface area contributed by atoms with E-state index in [4.69, 9.17) is 0 Å². The second kappa shape index (κ2) is 5.27. The molecule has 0 bridgehead atoms. The number of nitrogens with one attached hydrogen (secondary N) is 2. The molecule has 0 aliphatic carbocycles. The van der Waals surface area contributed by atoms with Gasteiger partial charge in [0, 0.05) is 13.1 Å². The van der Waals surface area contributed by atoms with Crippen molar-refractivity contribution >= 4 is 28.1 Å². The van der Waals surface area contributed by atoms with Crippen molar-refractivity contribution < 1.29 is 13.6 Å². The van der Waals surface area contributed by atoms with E-state index < -0.39 is 17.5 Å². The molecule has 0 aliphatic rings. The Morgan fingerprint density at radius 3 is 2.63 bits per heavy atom. The van der Waals surface area contributed by atoms with Crippen molar-refractivity contribution in [3.8, 4) is 0 Å². The molecule has 19 heavy (non-hydrogen) atoms. The van der Waals surface area contributed by atoms with Crippen LogP contribution in [0.15, 0.2) is 12.1 Å². The molecular formula is C11H10F2N4OS. The highest BCUT2D eigenvalue weighted by molar-refractivity contribution is 7.17. The van der Waals surface area contributed by atoms with Crippen LogP contribution in [0.2, 0.25) is 0 Å². The molecule has 1 amide bonds. The molecule has 0 atom stereocenters. The number of amides is 1. The third-order valence-electron chi connectivity index (χ3n) is 2.33.